The van der Waals surface area contributed by atoms with Crippen LogP contribution in [0, 0.1) is 11.6 Å². The second-order valence-corrected chi connectivity index (χ2v) is 4.47. The van der Waals surface area contributed by atoms with E-state index in [0.717, 1.165) is 22.7 Å². The van der Waals surface area contributed by atoms with Gasteiger partial charge in [-0.05, 0) is 24.3 Å². The number of hydrogen-bond donors (Lipinski definition) is 1. The topological polar surface area (TPSA) is 24.9 Å². The minimum Gasteiger partial charge on any atom is -0.377 e. The maximum absolute atomic E-state index is 13.5. The van der Waals surface area contributed by atoms with E-state index in [1.165, 1.54) is 12.1 Å². The van der Waals surface area contributed by atoms with Crippen LogP contribution in [0.1, 0.15) is 5.69 Å². The summed E-state index contributed by atoms with van der Waals surface area (Å²) in [6.07, 6.45) is 0. The summed E-state index contributed by atoms with van der Waals surface area (Å²) in [5.74, 6) is -1.19. The number of nitrogens with one attached hydrogen (secondary N) is 1. The highest BCUT2D eigenvalue weighted by Crippen LogP contribution is 2.17. The molecule has 0 aliphatic carbocycles. The predicted molar refractivity (Wildman–Crippen MR) is 75.4 cm³/mol. The predicted octanol–water partition coefficient (Wildman–Crippen LogP) is 4.13. The molecule has 2 nitrogen and oxygen atoms in total. The first kappa shape index (κ1) is 12.5. The van der Waals surface area contributed by atoms with E-state index in [-0.39, 0.29) is 5.69 Å². The number of fused-ring (bicyclic) bond motifs is 1. The average Bonchev–Trinajstić information content (AvgIpc) is 2.46. The van der Waals surface area contributed by atoms with E-state index in [1.807, 2.05) is 36.4 Å². The number of nitrogens with zero attached hydrogens (tertiary/aromatic N) is 1. The average molecular weight is 270 g/mol. The van der Waals surface area contributed by atoms with E-state index in [4.69, 9.17) is 0 Å². The van der Waals surface area contributed by atoms with Crippen LogP contribution in [0.15, 0.2) is 54.6 Å². The monoisotopic (exact) mass is 270 g/mol. The van der Waals surface area contributed by atoms with Crippen molar-refractivity contribution >= 4 is 16.6 Å². The minimum atomic E-state index is -0.606. The summed E-state index contributed by atoms with van der Waals surface area (Å²) in [7, 11) is 0. The van der Waals surface area contributed by atoms with E-state index < -0.39 is 11.6 Å². The summed E-state index contributed by atoms with van der Waals surface area (Å²) in [6.45, 7) is 0.382. The largest absolute Gasteiger partial charge is 0.377 e. The van der Waals surface area contributed by atoms with Gasteiger partial charge in [-0.15, -0.1) is 0 Å². The molecule has 20 heavy (non-hydrogen) atoms. The summed E-state index contributed by atoms with van der Waals surface area (Å²) in [5, 5.41) is 3.98. The number of benzene rings is 2. The number of para-hydroxylation sites is 1. The van der Waals surface area contributed by atoms with Crippen LogP contribution in [0.4, 0.5) is 14.5 Å². The summed E-state index contributed by atoms with van der Waals surface area (Å²) in [6, 6.07) is 15.1. The molecule has 0 aliphatic heterocycles. The van der Waals surface area contributed by atoms with Crippen LogP contribution in [-0.4, -0.2) is 4.98 Å². The van der Waals surface area contributed by atoms with Gasteiger partial charge in [0.1, 0.15) is 11.6 Å². The molecule has 100 valence electrons. The van der Waals surface area contributed by atoms with Crippen molar-refractivity contribution < 1.29 is 8.78 Å². The van der Waals surface area contributed by atoms with Crippen molar-refractivity contribution in [1.29, 1.82) is 0 Å². The lowest BCUT2D eigenvalue weighted by molar-refractivity contribution is 0.585. The molecule has 0 aliphatic rings. The SMILES string of the molecule is Fc1ccc(NCc2ccc3ccccc3n2)c(F)c1. The van der Waals surface area contributed by atoms with Crippen LogP contribution < -0.4 is 5.32 Å². The zero-order valence-electron chi connectivity index (χ0n) is 10.6. The minimum absolute atomic E-state index is 0.265. The Labute approximate surface area is 115 Å². The maximum atomic E-state index is 13.5. The number of halogens is 2. The fourth-order valence-electron chi connectivity index (χ4n) is 2.03. The van der Waals surface area contributed by atoms with Crippen LogP contribution in [0.5, 0.6) is 0 Å². The normalized spacial score (nSPS) is 10.7. The third kappa shape index (κ3) is 2.59. The Kier molecular flexibility index (Phi) is 3.29. The van der Waals surface area contributed by atoms with Crippen molar-refractivity contribution in [3.63, 3.8) is 0 Å². The Hall–Kier alpha value is -2.49. The van der Waals surface area contributed by atoms with E-state index in [9.17, 15) is 8.78 Å². The van der Waals surface area contributed by atoms with E-state index in [0.29, 0.717) is 6.54 Å². The van der Waals surface area contributed by atoms with Crippen LogP contribution in [0.25, 0.3) is 10.9 Å². The Bertz CT molecular complexity index is 756. The number of pyridine rings is 1. The molecule has 0 unspecified atom stereocenters. The van der Waals surface area contributed by atoms with Gasteiger partial charge in [0.25, 0.3) is 0 Å². The first-order valence-corrected chi connectivity index (χ1v) is 6.26. The van der Waals surface area contributed by atoms with Crippen molar-refractivity contribution in [1.82, 2.24) is 4.98 Å². The number of aromatic nitrogens is 1. The zero-order valence-corrected chi connectivity index (χ0v) is 10.6. The molecular weight excluding hydrogens is 258 g/mol. The molecule has 0 saturated carbocycles. The summed E-state index contributed by atoms with van der Waals surface area (Å²) < 4.78 is 26.3. The third-order valence-corrected chi connectivity index (χ3v) is 3.05. The molecule has 0 amide bonds. The quantitative estimate of drug-likeness (QED) is 0.774. The zero-order chi connectivity index (χ0) is 13.9. The molecule has 3 aromatic rings. The van der Waals surface area contributed by atoms with Gasteiger partial charge < -0.3 is 5.32 Å². The Morgan fingerprint density at radius 3 is 2.65 bits per heavy atom. The van der Waals surface area contributed by atoms with Gasteiger partial charge in [0.05, 0.1) is 23.4 Å². The van der Waals surface area contributed by atoms with Crippen molar-refractivity contribution in [2.24, 2.45) is 0 Å². The third-order valence-electron chi connectivity index (χ3n) is 3.05. The standard InChI is InChI=1S/C16H12F2N2/c17-12-6-8-16(14(18)9-12)19-10-13-7-5-11-3-1-2-4-15(11)20-13/h1-9,19H,10H2. The molecule has 1 N–H and O–H groups in total. The van der Waals surface area contributed by atoms with Crippen molar-refractivity contribution in [3.8, 4) is 0 Å². The second kappa shape index (κ2) is 5.25. The van der Waals surface area contributed by atoms with Gasteiger partial charge in [-0.2, -0.15) is 0 Å². The molecule has 0 saturated heterocycles. The molecule has 0 bridgehead atoms. The lowest BCUT2D eigenvalue weighted by Gasteiger charge is -2.08. The first-order chi connectivity index (χ1) is 9.72. The smallest absolute Gasteiger partial charge is 0.149 e. The van der Waals surface area contributed by atoms with Crippen LogP contribution in [0.3, 0.4) is 0 Å². The van der Waals surface area contributed by atoms with Crippen LogP contribution >= 0.6 is 0 Å². The molecule has 2 aromatic carbocycles. The molecule has 4 heteroatoms. The molecule has 0 radical (unpaired) electrons. The summed E-state index contributed by atoms with van der Waals surface area (Å²) >= 11 is 0. The highest BCUT2D eigenvalue weighted by molar-refractivity contribution is 5.78. The number of hydrogen-bond acceptors (Lipinski definition) is 2. The van der Waals surface area contributed by atoms with Crippen LogP contribution in [-0.2, 0) is 6.54 Å². The van der Waals surface area contributed by atoms with Gasteiger partial charge in [0.2, 0.25) is 0 Å². The van der Waals surface area contributed by atoms with Crippen molar-refractivity contribution in [3.05, 3.63) is 71.9 Å². The molecule has 0 spiro atoms. The maximum Gasteiger partial charge on any atom is 0.149 e. The van der Waals surface area contributed by atoms with Crippen LogP contribution in [0.2, 0.25) is 0 Å². The molecular formula is C16H12F2N2. The van der Waals surface area contributed by atoms with Gasteiger partial charge >= 0.3 is 0 Å². The number of rotatable bonds is 3. The van der Waals surface area contributed by atoms with E-state index >= 15 is 0 Å². The summed E-state index contributed by atoms with van der Waals surface area (Å²) in [4.78, 5) is 4.48. The van der Waals surface area contributed by atoms with Crippen molar-refractivity contribution in [2.75, 3.05) is 5.32 Å². The van der Waals surface area contributed by atoms with Gasteiger partial charge in [0.15, 0.2) is 0 Å². The molecule has 1 aromatic heterocycles. The van der Waals surface area contributed by atoms with Crippen molar-refractivity contribution in [2.45, 2.75) is 6.54 Å². The Morgan fingerprint density at radius 1 is 0.950 bits per heavy atom. The fourth-order valence-corrected chi connectivity index (χ4v) is 2.03. The first-order valence-electron chi connectivity index (χ1n) is 6.26. The summed E-state index contributed by atoms with van der Waals surface area (Å²) in [5.41, 5.74) is 1.96. The molecule has 1 heterocycles. The molecule has 3 rings (SSSR count). The highest BCUT2D eigenvalue weighted by Gasteiger charge is 2.04. The van der Waals surface area contributed by atoms with Gasteiger partial charge in [0, 0.05) is 11.5 Å². The molecule has 0 fully saturated rings. The van der Waals surface area contributed by atoms with E-state index in [2.05, 4.69) is 10.3 Å². The van der Waals surface area contributed by atoms with Gasteiger partial charge in [-0.1, -0.05) is 24.3 Å². The highest BCUT2D eigenvalue weighted by atomic mass is 19.1. The van der Waals surface area contributed by atoms with Gasteiger partial charge in [-0.3, -0.25) is 4.98 Å². The lowest BCUT2D eigenvalue weighted by Crippen LogP contribution is -2.03. The second-order valence-electron chi connectivity index (χ2n) is 4.47. The number of anilines is 1. The lowest BCUT2D eigenvalue weighted by atomic mass is 10.2. The van der Waals surface area contributed by atoms with Gasteiger partial charge in [-0.25, -0.2) is 8.78 Å². The Balaban J connectivity index is 1.79. The molecule has 0 atom stereocenters. The Morgan fingerprint density at radius 2 is 1.80 bits per heavy atom. The fraction of sp³-hybridized carbons (Fsp3) is 0.0625. The van der Waals surface area contributed by atoms with E-state index in [1.54, 1.807) is 0 Å².